The van der Waals surface area contributed by atoms with E-state index in [0.717, 1.165) is 0 Å². The first-order chi connectivity index (χ1) is 13.1. The van der Waals surface area contributed by atoms with Gasteiger partial charge in [-0.3, -0.25) is 24.0 Å². The molecule has 0 aromatic carbocycles. The second-order valence-electron chi connectivity index (χ2n) is 5.89. The van der Waals surface area contributed by atoms with Crippen LogP contribution in [0.3, 0.4) is 0 Å². The van der Waals surface area contributed by atoms with Gasteiger partial charge in [0.2, 0.25) is 17.7 Å². The van der Waals surface area contributed by atoms with Crippen LogP contribution in [0, 0.1) is 0 Å². The number of H-pyrrole nitrogens is 1. The molecule has 3 amide bonds. The average molecular weight is 398 g/mol. The van der Waals surface area contributed by atoms with E-state index in [0.29, 0.717) is 5.69 Å². The van der Waals surface area contributed by atoms with Crippen molar-refractivity contribution in [1.82, 2.24) is 25.9 Å². The summed E-state index contributed by atoms with van der Waals surface area (Å²) in [5.41, 5.74) is 5.98. The van der Waals surface area contributed by atoms with Crippen molar-refractivity contribution in [2.75, 3.05) is 6.54 Å². The lowest BCUT2D eigenvalue weighted by atomic mass is 10.1. The minimum Gasteiger partial charge on any atom is -0.481 e. The summed E-state index contributed by atoms with van der Waals surface area (Å²) in [5, 5.41) is 24.2. The molecule has 1 rings (SSSR count). The van der Waals surface area contributed by atoms with Gasteiger partial charge in [0.15, 0.2) is 0 Å². The maximum Gasteiger partial charge on any atom is 0.325 e. The number of aromatic amines is 1. The molecule has 13 heteroatoms. The van der Waals surface area contributed by atoms with Gasteiger partial charge in [0, 0.05) is 18.3 Å². The Hall–Kier alpha value is -3.48. The molecule has 3 unspecified atom stereocenters. The summed E-state index contributed by atoms with van der Waals surface area (Å²) in [5.74, 6) is -4.86. The maximum absolute atomic E-state index is 12.4. The number of nitrogens with one attached hydrogen (secondary N) is 4. The summed E-state index contributed by atoms with van der Waals surface area (Å²) < 4.78 is 0. The summed E-state index contributed by atoms with van der Waals surface area (Å²) in [6, 6.07) is -3.68. The van der Waals surface area contributed by atoms with Crippen LogP contribution < -0.4 is 21.7 Å². The van der Waals surface area contributed by atoms with Crippen LogP contribution in [0.15, 0.2) is 12.5 Å². The minimum atomic E-state index is -1.37. The molecule has 0 radical (unpaired) electrons. The van der Waals surface area contributed by atoms with Crippen LogP contribution in [0.4, 0.5) is 0 Å². The highest BCUT2D eigenvalue weighted by atomic mass is 16.4. The second-order valence-corrected chi connectivity index (χ2v) is 5.89. The third-order valence-corrected chi connectivity index (χ3v) is 3.51. The number of nitrogens with zero attached hydrogens (tertiary/aromatic N) is 1. The van der Waals surface area contributed by atoms with Crippen LogP contribution >= 0.6 is 0 Å². The predicted octanol–water partition coefficient (Wildman–Crippen LogP) is -3.06. The fourth-order valence-electron chi connectivity index (χ4n) is 2.03. The summed E-state index contributed by atoms with van der Waals surface area (Å²) >= 11 is 0. The molecule has 0 aliphatic rings. The third kappa shape index (κ3) is 7.82. The van der Waals surface area contributed by atoms with E-state index in [1.165, 1.54) is 19.4 Å². The molecule has 0 spiro atoms. The van der Waals surface area contributed by atoms with Crippen molar-refractivity contribution in [3.63, 3.8) is 0 Å². The Balaban J connectivity index is 2.71. The van der Waals surface area contributed by atoms with Crippen molar-refractivity contribution in [3.8, 4) is 0 Å². The number of rotatable bonds is 11. The normalized spacial score (nSPS) is 13.6. The van der Waals surface area contributed by atoms with E-state index in [9.17, 15) is 24.0 Å². The molecule has 154 valence electrons. The van der Waals surface area contributed by atoms with Gasteiger partial charge < -0.3 is 36.9 Å². The van der Waals surface area contributed by atoms with Crippen molar-refractivity contribution in [2.24, 2.45) is 5.73 Å². The first-order valence-corrected chi connectivity index (χ1v) is 8.15. The van der Waals surface area contributed by atoms with Crippen LogP contribution in [0.5, 0.6) is 0 Å². The zero-order valence-electron chi connectivity index (χ0n) is 15.0. The number of carboxylic acid groups (broad SMARTS) is 2. The predicted molar refractivity (Wildman–Crippen MR) is 92.7 cm³/mol. The molecule has 0 bridgehead atoms. The molecule has 0 fully saturated rings. The second kappa shape index (κ2) is 10.6. The first kappa shape index (κ1) is 22.6. The van der Waals surface area contributed by atoms with Gasteiger partial charge in [-0.1, -0.05) is 0 Å². The summed E-state index contributed by atoms with van der Waals surface area (Å²) in [7, 11) is 0. The highest BCUT2D eigenvalue weighted by molar-refractivity contribution is 5.93. The third-order valence-electron chi connectivity index (χ3n) is 3.51. The number of amides is 3. The number of aromatic nitrogens is 2. The molecule has 0 saturated carbocycles. The van der Waals surface area contributed by atoms with Gasteiger partial charge in [-0.2, -0.15) is 0 Å². The molecule has 13 nitrogen and oxygen atoms in total. The topological polar surface area (TPSA) is 217 Å². The number of carbonyl (C=O) groups excluding carboxylic acids is 3. The minimum absolute atomic E-state index is 0.0233. The molecular weight excluding hydrogens is 376 g/mol. The number of carboxylic acids is 2. The molecule has 0 aliphatic carbocycles. The van der Waals surface area contributed by atoms with Gasteiger partial charge in [0.1, 0.15) is 12.1 Å². The standard InChI is InChI=1S/C15H22N6O7/c1-7(15(27)28)20-11(22)5-18-14(26)10(2-8-4-17-6-19-8)21-13(25)9(16)3-12(23)24/h4,6-7,9-10H,2-3,5,16H2,1H3,(H,17,19)(H,18,26)(H,20,22)(H,21,25)(H,23,24)(H,27,28). The van der Waals surface area contributed by atoms with E-state index >= 15 is 0 Å². The molecule has 0 saturated heterocycles. The number of nitrogens with two attached hydrogens (primary N) is 1. The van der Waals surface area contributed by atoms with Gasteiger partial charge in [0.25, 0.3) is 0 Å². The summed E-state index contributed by atoms with van der Waals surface area (Å²) in [6.45, 7) is 0.736. The van der Waals surface area contributed by atoms with Crippen LogP contribution in [-0.2, 0) is 30.4 Å². The average Bonchev–Trinajstić information content (AvgIpc) is 3.11. The Morgan fingerprint density at radius 2 is 1.86 bits per heavy atom. The molecule has 1 heterocycles. The number of aliphatic carboxylic acids is 2. The van der Waals surface area contributed by atoms with Crippen molar-refractivity contribution in [2.45, 2.75) is 37.9 Å². The molecule has 1 aromatic rings. The Morgan fingerprint density at radius 3 is 2.39 bits per heavy atom. The summed E-state index contributed by atoms with van der Waals surface area (Å²) in [6.07, 6.45) is 2.14. The Labute approximate surface area is 159 Å². The van der Waals surface area contributed by atoms with E-state index < -0.39 is 60.8 Å². The number of hydrogen-bond donors (Lipinski definition) is 7. The Kier molecular flexibility index (Phi) is 8.55. The van der Waals surface area contributed by atoms with Crippen molar-refractivity contribution in [3.05, 3.63) is 18.2 Å². The van der Waals surface area contributed by atoms with Gasteiger partial charge in [0.05, 0.1) is 25.3 Å². The van der Waals surface area contributed by atoms with E-state index in [2.05, 4.69) is 25.9 Å². The van der Waals surface area contributed by atoms with E-state index in [4.69, 9.17) is 15.9 Å². The largest absolute Gasteiger partial charge is 0.481 e. The highest BCUT2D eigenvalue weighted by Gasteiger charge is 2.26. The van der Waals surface area contributed by atoms with Gasteiger partial charge >= 0.3 is 11.9 Å². The van der Waals surface area contributed by atoms with Gasteiger partial charge in [-0.05, 0) is 6.92 Å². The number of imidazole rings is 1. The molecule has 3 atom stereocenters. The Bertz CT molecular complexity index is 720. The van der Waals surface area contributed by atoms with Crippen LogP contribution in [0.1, 0.15) is 19.0 Å². The van der Waals surface area contributed by atoms with E-state index in [1.54, 1.807) is 0 Å². The van der Waals surface area contributed by atoms with E-state index in [1.807, 2.05) is 0 Å². The summed E-state index contributed by atoms with van der Waals surface area (Å²) in [4.78, 5) is 64.0. The Morgan fingerprint density at radius 1 is 1.18 bits per heavy atom. The smallest absolute Gasteiger partial charge is 0.325 e. The number of carbonyl (C=O) groups is 5. The lowest BCUT2D eigenvalue weighted by molar-refractivity contribution is -0.141. The van der Waals surface area contributed by atoms with Crippen molar-refractivity contribution < 1.29 is 34.2 Å². The SMILES string of the molecule is CC(NC(=O)CNC(=O)C(Cc1cnc[nH]1)NC(=O)C(N)CC(=O)O)C(=O)O. The molecule has 1 aromatic heterocycles. The van der Waals surface area contributed by atoms with Gasteiger partial charge in [-0.25, -0.2) is 4.98 Å². The zero-order chi connectivity index (χ0) is 21.3. The van der Waals surface area contributed by atoms with Gasteiger partial charge in [-0.15, -0.1) is 0 Å². The zero-order valence-corrected chi connectivity index (χ0v) is 15.0. The lowest BCUT2D eigenvalue weighted by Gasteiger charge is -2.20. The first-order valence-electron chi connectivity index (χ1n) is 8.15. The number of hydrogen-bond acceptors (Lipinski definition) is 7. The van der Waals surface area contributed by atoms with Crippen LogP contribution in [-0.4, -0.2) is 74.5 Å². The van der Waals surface area contributed by atoms with Crippen molar-refractivity contribution in [1.29, 1.82) is 0 Å². The molecule has 8 N–H and O–H groups in total. The molecule has 28 heavy (non-hydrogen) atoms. The lowest BCUT2D eigenvalue weighted by Crippen LogP contribution is -2.54. The highest BCUT2D eigenvalue weighted by Crippen LogP contribution is 2.00. The van der Waals surface area contributed by atoms with E-state index in [-0.39, 0.29) is 6.42 Å². The molecular formula is C15H22N6O7. The monoisotopic (exact) mass is 398 g/mol. The quantitative estimate of drug-likeness (QED) is 0.201. The van der Waals surface area contributed by atoms with Crippen LogP contribution in [0.25, 0.3) is 0 Å². The van der Waals surface area contributed by atoms with Crippen molar-refractivity contribution >= 4 is 29.7 Å². The maximum atomic E-state index is 12.4. The fourth-order valence-corrected chi connectivity index (χ4v) is 2.03. The fraction of sp³-hybridized carbons (Fsp3) is 0.467. The van der Waals surface area contributed by atoms with Crippen LogP contribution in [0.2, 0.25) is 0 Å². The molecule has 0 aliphatic heterocycles.